The fourth-order valence-corrected chi connectivity index (χ4v) is 2.86. The van der Waals surface area contributed by atoms with Crippen molar-refractivity contribution in [2.45, 2.75) is 32.4 Å². The summed E-state index contributed by atoms with van der Waals surface area (Å²) in [6, 6.07) is 6.48. The van der Waals surface area contributed by atoms with Gasteiger partial charge in [-0.3, -0.25) is 4.90 Å². The van der Waals surface area contributed by atoms with Gasteiger partial charge in [0.25, 0.3) is 0 Å². The molecule has 3 rings (SSSR count). The standard InChI is InChI=1S/C18H22FN3O3/c1-2-25-17(23)15-9-20-18(24)21-16(15)11-22(14-7-8-14)10-12-3-5-13(19)6-4-12/h3-6,14H,2,7-11H2,1H3,(H2,20,21,24). The number of nitrogens with one attached hydrogen (secondary N) is 2. The van der Waals surface area contributed by atoms with Crippen LogP contribution in [0.1, 0.15) is 25.3 Å². The number of halogens is 1. The van der Waals surface area contributed by atoms with Crippen LogP contribution in [0.3, 0.4) is 0 Å². The highest BCUT2D eigenvalue weighted by atomic mass is 19.1. The topological polar surface area (TPSA) is 70.7 Å². The van der Waals surface area contributed by atoms with E-state index in [0.717, 1.165) is 18.4 Å². The maximum atomic E-state index is 13.1. The van der Waals surface area contributed by atoms with E-state index in [9.17, 15) is 14.0 Å². The highest BCUT2D eigenvalue weighted by molar-refractivity contribution is 5.93. The molecule has 2 aliphatic rings. The molecule has 6 nitrogen and oxygen atoms in total. The van der Waals surface area contributed by atoms with E-state index in [0.29, 0.717) is 30.4 Å². The lowest BCUT2D eigenvalue weighted by atomic mass is 10.1. The van der Waals surface area contributed by atoms with Crippen LogP contribution in [-0.4, -0.2) is 42.6 Å². The Hall–Kier alpha value is -2.41. The van der Waals surface area contributed by atoms with Crippen LogP contribution >= 0.6 is 0 Å². The van der Waals surface area contributed by atoms with Gasteiger partial charge in [-0.2, -0.15) is 0 Å². The van der Waals surface area contributed by atoms with E-state index in [1.165, 1.54) is 12.1 Å². The lowest BCUT2D eigenvalue weighted by molar-refractivity contribution is -0.138. The fraction of sp³-hybridized carbons (Fsp3) is 0.444. The molecule has 1 heterocycles. The number of benzene rings is 1. The number of hydrogen-bond acceptors (Lipinski definition) is 4. The first kappa shape index (κ1) is 17.4. The molecule has 25 heavy (non-hydrogen) atoms. The summed E-state index contributed by atoms with van der Waals surface area (Å²) in [5.41, 5.74) is 2.02. The largest absolute Gasteiger partial charge is 0.463 e. The zero-order valence-corrected chi connectivity index (χ0v) is 14.2. The molecule has 0 saturated heterocycles. The van der Waals surface area contributed by atoms with E-state index in [4.69, 9.17) is 4.74 Å². The minimum absolute atomic E-state index is 0.162. The molecule has 1 aromatic rings. The Morgan fingerprint density at radius 3 is 2.64 bits per heavy atom. The van der Waals surface area contributed by atoms with Gasteiger partial charge in [0, 0.05) is 24.8 Å². The van der Waals surface area contributed by atoms with Crippen LogP contribution in [0, 0.1) is 5.82 Å². The molecule has 0 spiro atoms. The Morgan fingerprint density at radius 2 is 2.00 bits per heavy atom. The van der Waals surface area contributed by atoms with E-state index in [2.05, 4.69) is 15.5 Å². The number of carbonyl (C=O) groups excluding carboxylic acids is 2. The molecular weight excluding hydrogens is 325 g/mol. The molecule has 0 atom stereocenters. The molecule has 1 fully saturated rings. The molecule has 2 amide bonds. The van der Waals surface area contributed by atoms with Crippen molar-refractivity contribution in [1.82, 2.24) is 15.5 Å². The van der Waals surface area contributed by atoms with Gasteiger partial charge in [-0.25, -0.2) is 14.0 Å². The van der Waals surface area contributed by atoms with Gasteiger partial charge in [0.05, 0.1) is 18.7 Å². The Bertz CT molecular complexity index is 683. The smallest absolute Gasteiger partial charge is 0.337 e. The highest BCUT2D eigenvalue weighted by Gasteiger charge is 2.32. The summed E-state index contributed by atoms with van der Waals surface area (Å²) in [5.74, 6) is -0.679. The third-order valence-corrected chi connectivity index (χ3v) is 4.30. The van der Waals surface area contributed by atoms with Crippen molar-refractivity contribution in [3.8, 4) is 0 Å². The second-order valence-corrected chi connectivity index (χ2v) is 6.25. The second-order valence-electron chi connectivity index (χ2n) is 6.25. The molecule has 134 valence electrons. The summed E-state index contributed by atoms with van der Waals surface area (Å²) in [6.07, 6.45) is 2.16. The molecule has 0 unspecified atom stereocenters. The van der Waals surface area contributed by atoms with Crippen molar-refractivity contribution in [1.29, 1.82) is 0 Å². The summed E-state index contributed by atoms with van der Waals surface area (Å²) in [5, 5.41) is 5.35. The molecule has 7 heteroatoms. The summed E-state index contributed by atoms with van der Waals surface area (Å²) < 4.78 is 18.2. The monoisotopic (exact) mass is 347 g/mol. The molecule has 0 radical (unpaired) electrons. The van der Waals surface area contributed by atoms with Gasteiger partial charge in [0.2, 0.25) is 0 Å². The lowest BCUT2D eigenvalue weighted by Gasteiger charge is -2.28. The number of urea groups is 1. The fourth-order valence-electron chi connectivity index (χ4n) is 2.86. The maximum Gasteiger partial charge on any atom is 0.337 e. The van der Waals surface area contributed by atoms with E-state index in [1.54, 1.807) is 19.1 Å². The van der Waals surface area contributed by atoms with Crippen LogP contribution in [0.4, 0.5) is 9.18 Å². The number of carbonyl (C=O) groups is 2. The number of rotatable bonds is 7. The molecule has 1 aromatic carbocycles. The maximum absolute atomic E-state index is 13.1. The summed E-state index contributed by atoms with van der Waals surface area (Å²) >= 11 is 0. The third-order valence-electron chi connectivity index (χ3n) is 4.30. The minimum Gasteiger partial charge on any atom is -0.463 e. The van der Waals surface area contributed by atoms with Crippen LogP contribution in [0.25, 0.3) is 0 Å². The number of amides is 2. The van der Waals surface area contributed by atoms with Crippen molar-refractivity contribution in [2.75, 3.05) is 19.7 Å². The molecule has 0 bridgehead atoms. The predicted octanol–water partition coefficient (Wildman–Crippen LogP) is 1.92. The van der Waals surface area contributed by atoms with Crippen LogP contribution < -0.4 is 10.6 Å². The van der Waals surface area contributed by atoms with Gasteiger partial charge in [0.1, 0.15) is 5.82 Å². The number of ether oxygens (including phenoxy) is 1. The van der Waals surface area contributed by atoms with Crippen molar-refractivity contribution in [2.24, 2.45) is 0 Å². The van der Waals surface area contributed by atoms with Gasteiger partial charge in [0.15, 0.2) is 0 Å². The first-order chi connectivity index (χ1) is 12.1. The van der Waals surface area contributed by atoms with Gasteiger partial charge < -0.3 is 15.4 Å². The molecular formula is C18H22FN3O3. The lowest BCUT2D eigenvalue weighted by Crippen LogP contribution is -2.47. The average molecular weight is 347 g/mol. The SMILES string of the molecule is CCOC(=O)C1=C(CN(Cc2ccc(F)cc2)C2CC2)NC(=O)NC1. The highest BCUT2D eigenvalue weighted by Crippen LogP contribution is 2.29. The summed E-state index contributed by atoms with van der Waals surface area (Å²) in [4.78, 5) is 26.0. The number of nitrogens with zero attached hydrogens (tertiary/aromatic N) is 1. The Kier molecular flexibility index (Phi) is 5.33. The Labute approximate surface area is 146 Å². The summed E-state index contributed by atoms with van der Waals surface area (Å²) in [6.45, 7) is 3.27. The average Bonchev–Trinajstić information content (AvgIpc) is 3.41. The van der Waals surface area contributed by atoms with Crippen LogP contribution in [0.5, 0.6) is 0 Å². The Morgan fingerprint density at radius 1 is 1.28 bits per heavy atom. The van der Waals surface area contributed by atoms with Crippen molar-refractivity contribution in [3.63, 3.8) is 0 Å². The van der Waals surface area contributed by atoms with Crippen LogP contribution in [0.15, 0.2) is 35.5 Å². The van der Waals surface area contributed by atoms with Gasteiger partial charge in [-0.05, 0) is 37.5 Å². The molecule has 2 N–H and O–H groups in total. The molecule has 0 aromatic heterocycles. The third kappa shape index (κ3) is 4.57. The minimum atomic E-state index is -0.414. The normalized spacial score (nSPS) is 17.3. The molecule has 1 aliphatic heterocycles. The van der Waals surface area contributed by atoms with E-state index < -0.39 is 5.97 Å². The quantitative estimate of drug-likeness (QED) is 0.740. The molecule has 1 saturated carbocycles. The second kappa shape index (κ2) is 7.65. The van der Waals surface area contributed by atoms with Crippen LogP contribution in [0.2, 0.25) is 0 Å². The first-order valence-corrected chi connectivity index (χ1v) is 8.49. The predicted molar refractivity (Wildman–Crippen MR) is 90.0 cm³/mol. The van der Waals surface area contributed by atoms with E-state index in [1.807, 2.05) is 0 Å². The van der Waals surface area contributed by atoms with E-state index >= 15 is 0 Å². The summed E-state index contributed by atoms with van der Waals surface area (Å²) in [7, 11) is 0. The van der Waals surface area contributed by atoms with Gasteiger partial charge >= 0.3 is 12.0 Å². The van der Waals surface area contributed by atoms with Gasteiger partial charge in [-0.1, -0.05) is 12.1 Å². The zero-order chi connectivity index (χ0) is 17.8. The number of esters is 1. The zero-order valence-electron chi connectivity index (χ0n) is 14.2. The van der Waals surface area contributed by atoms with Crippen molar-refractivity contribution in [3.05, 3.63) is 46.9 Å². The molecule has 1 aliphatic carbocycles. The van der Waals surface area contributed by atoms with Crippen molar-refractivity contribution >= 4 is 12.0 Å². The number of hydrogen-bond donors (Lipinski definition) is 2. The van der Waals surface area contributed by atoms with Crippen LogP contribution in [-0.2, 0) is 16.1 Å². The van der Waals surface area contributed by atoms with Gasteiger partial charge in [-0.15, -0.1) is 0 Å². The van der Waals surface area contributed by atoms with Crippen molar-refractivity contribution < 1.29 is 18.7 Å². The van der Waals surface area contributed by atoms with E-state index in [-0.39, 0.29) is 25.0 Å². The first-order valence-electron chi connectivity index (χ1n) is 8.49. The Balaban J connectivity index is 1.77.